The normalized spacial score (nSPS) is 15.4. The Bertz CT molecular complexity index is 1700. The average molecular weight is 599 g/mol. The van der Waals surface area contributed by atoms with Crippen LogP contribution in [0.3, 0.4) is 0 Å². The van der Waals surface area contributed by atoms with E-state index in [2.05, 4.69) is 4.98 Å². The first-order valence-corrected chi connectivity index (χ1v) is 13.8. The molecule has 5 rings (SSSR count). The molecule has 1 N–H and O–H groups in total. The number of carboxylic acid groups (broad SMARTS) is 1. The van der Waals surface area contributed by atoms with Gasteiger partial charge in [-0.2, -0.15) is 0 Å². The van der Waals surface area contributed by atoms with E-state index in [4.69, 9.17) is 32.6 Å². The first-order chi connectivity index (χ1) is 19.2. The fraction of sp³-hybridized carbons (Fsp3) is 0.333. The number of carbonyl (C=O) groups is 2. The third kappa shape index (κ3) is 5.48. The van der Waals surface area contributed by atoms with E-state index in [-0.39, 0.29) is 38.6 Å². The molecule has 1 saturated heterocycles. The van der Waals surface area contributed by atoms with Gasteiger partial charge in [0.05, 0.1) is 16.3 Å². The molecule has 1 aromatic carbocycles. The number of amides is 1. The summed E-state index contributed by atoms with van der Waals surface area (Å²) in [5, 5.41) is 9.87. The highest BCUT2D eigenvalue weighted by atomic mass is 35.5. The molecule has 1 aliphatic heterocycles. The molecule has 11 heteroatoms. The van der Waals surface area contributed by atoms with Gasteiger partial charge < -0.3 is 19.3 Å². The lowest BCUT2D eigenvalue weighted by molar-refractivity contribution is 0.0481. The molecule has 4 heterocycles. The van der Waals surface area contributed by atoms with E-state index in [9.17, 15) is 19.1 Å². The van der Waals surface area contributed by atoms with Gasteiger partial charge in [0, 0.05) is 36.8 Å². The van der Waals surface area contributed by atoms with Crippen LogP contribution in [0.25, 0.3) is 22.4 Å². The van der Waals surface area contributed by atoms with Crippen LogP contribution in [0, 0.1) is 5.82 Å². The van der Waals surface area contributed by atoms with E-state index >= 15 is 0 Å². The molecule has 0 radical (unpaired) electrons. The average Bonchev–Trinajstić information content (AvgIpc) is 3.32. The summed E-state index contributed by atoms with van der Waals surface area (Å²) in [6.45, 7) is 10.8. The van der Waals surface area contributed by atoms with E-state index < -0.39 is 17.3 Å². The fourth-order valence-electron chi connectivity index (χ4n) is 5.17. The largest absolute Gasteiger partial charge is 0.478 e. The number of fused-ring (bicyclic) bond motifs is 1. The standard InChI is InChI=1S/C30H29Cl2FN4O4/c1-29(2,3)18-13-21(16-6-8-19(31)20(33)12-16)34-22-14-23(41-25(18)22)27(38)37-11-10-36(15-30(37,4)5)26-17(28(39)40)7-9-24(32)35-26/h6-9,12-14H,10-11,15H2,1-5H3,(H,39,40). The molecule has 4 aromatic rings. The molecule has 0 atom stereocenters. The van der Waals surface area contributed by atoms with Crippen molar-refractivity contribution in [1.29, 1.82) is 0 Å². The molecular weight excluding hydrogens is 570 g/mol. The van der Waals surface area contributed by atoms with Gasteiger partial charge in [-0.15, -0.1) is 0 Å². The number of anilines is 1. The number of halogens is 3. The molecule has 0 aliphatic carbocycles. The van der Waals surface area contributed by atoms with Gasteiger partial charge in [-0.3, -0.25) is 4.79 Å². The topological polar surface area (TPSA) is 99.8 Å². The summed E-state index contributed by atoms with van der Waals surface area (Å²) in [6.07, 6.45) is 0. The first-order valence-electron chi connectivity index (χ1n) is 13.0. The Balaban J connectivity index is 1.50. The van der Waals surface area contributed by atoms with Crippen LogP contribution in [-0.2, 0) is 5.41 Å². The van der Waals surface area contributed by atoms with Crippen LogP contribution < -0.4 is 4.90 Å². The molecule has 0 spiro atoms. The third-order valence-corrected chi connectivity index (χ3v) is 7.75. The lowest BCUT2D eigenvalue weighted by Crippen LogP contribution is -2.61. The second-order valence-corrected chi connectivity index (χ2v) is 12.6. The second kappa shape index (κ2) is 10.3. The van der Waals surface area contributed by atoms with Gasteiger partial charge >= 0.3 is 5.97 Å². The van der Waals surface area contributed by atoms with Gasteiger partial charge in [0.1, 0.15) is 27.9 Å². The van der Waals surface area contributed by atoms with Crippen LogP contribution in [0.4, 0.5) is 10.2 Å². The third-order valence-electron chi connectivity index (χ3n) is 7.23. The summed E-state index contributed by atoms with van der Waals surface area (Å²) < 4.78 is 20.4. The highest BCUT2D eigenvalue weighted by Gasteiger charge is 2.40. The van der Waals surface area contributed by atoms with Crippen molar-refractivity contribution < 1.29 is 23.5 Å². The van der Waals surface area contributed by atoms with Crippen molar-refractivity contribution in [1.82, 2.24) is 14.9 Å². The van der Waals surface area contributed by atoms with Gasteiger partial charge in [-0.05, 0) is 49.6 Å². The Morgan fingerprint density at radius 2 is 1.78 bits per heavy atom. The molecule has 3 aromatic heterocycles. The van der Waals surface area contributed by atoms with Crippen LogP contribution in [0.5, 0.6) is 0 Å². The molecule has 1 aliphatic rings. The van der Waals surface area contributed by atoms with Gasteiger partial charge in [0.15, 0.2) is 11.3 Å². The van der Waals surface area contributed by atoms with Crippen molar-refractivity contribution in [2.75, 3.05) is 24.5 Å². The second-order valence-electron chi connectivity index (χ2n) is 11.8. The fourth-order valence-corrected chi connectivity index (χ4v) is 5.43. The number of pyridine rings is 2. The number of hydrogen-bond donors (Lipinski definition) is 1. The number of piperazine rings is 1. The van der Waals surface area contributed by atoms with Crippen LogP contribution in [0.2, 0.25) is 10.2 Å². The van der Waals surface area contributed by atoms with Crippen LogP contribution in [-0.4, -0.2) is 57.0 Å². The van der Waals surface area contributed by atoms with Crippen molar-refractivity contribution in [3.8, 4) is 11.3 Å². The molecule has 214 valence electrons. The molecule has 0 unspecified atom stereocenters. The zero-order valence-electron chi connectivity index (χ0n) is 23.3. The van der Waals surface area contributed by atoms with E-state index in [0.717, 1.165) is 5.56 Å². The lowest BCUT2D eigenvalue weighted by Gasteiger charge is -2.47. The number of furan rings is 1. The van der Waals surface area contributed by atoms with Crippen molar-refractivity contribution >= 4 is 52.0 Å². The van der Waals surface area contributed by atoms with Crippen molar-refractivity contribution in [3.63, 3.8) is 0 Å². The SMILES string of the molecule is CC(C)(C)c1cc(-c2ccc(Cl)c(F)c2)nc2cc(C(=O)N3CCN(c4nc(Cl)ccc4C(=O)O)CC3(C)C)oc12. The number of aromatic carboxylic acids is 1. The smallest absolute Gasteiger partial charge is 0.339 e. The zero-order valence-corrected chi connectivity index (χ0v) is 24.8. The number of rotatable bonds is 4. The van der Waals surface area contributed by atoms with Gasteiger partial charge in [-0.1, -0.05) is 50.0 Å². The summed E-state index contributed by atoms with van der Waals surface area (Å²) in [7, 11) is 0. The van der Waals surface area contributed by atoms with E-state index in [0.29, 0.717) is 42.0 Å². The van der Waals surface area contributed by atoms with Gasteiger partial charge in [0.2, 0.25) is 0 Å². The van der Waals surface area contributed by atoms with Gasteiger partial charge in [-0.25, -0.2) is 19.2 Å². The van der Waals surface area contributed by atoms with E-state index in [1.807, 2.05) is 45.6 Å². The van der Waals surface area contributed by atoms with E-state index in [1.165, 1.54) is 24.3 Å². The van der Waals surface area contributed by atoms with Gasteiger partial charge in [0.25, 0.3) is 5.91 Å². The monoisotopic (exact) mass is 598 g/mol. The molecule has 41 heavy (non-hydrogen) atoms. The summed E-state index contributed by atoms with van der Waals surface area (Å²) in [5.74, 6) is -1.57. The van der Waals surface area contributed by atoms with Crippen molar-refractivity contribution in [2.45, 2.75) is 45.6 Å². The molecule has 1 amide bonds. The number of carbonyl (C=O) groups excluding carboxylic acids is 1. The van der Waals surface area contributed by atoms with Crippen molar-refractivity contribution in [3.05, 3.63) is 75.3 Å². The highest BCUT2D eigenvalue weighted by molar-refractivity contribution is 6.30. The number of hydrogen-bond acceptors (Lipinski definition) is 6. The molecular formula is C30H29Cl2FN4O4. The Morgan fingerprint density at radius 1 is 1.05 bits per heavy atom. The molecule has 0 bridgehead atoms. The quantitative estimate of drug-likeness (QED) is 0.251. The predicted octanol–water partition coefficient (Wildman–Crippen LogP) is 7.07. The minimum atomic E-state index is -1.11. The summed E-state index contributed by atoms with van der Waals surface area (Å²) in [6, 6.07) is 10.9. The Labute approximate surface area is 246 Å². The first kappa shape index (κ1) is 28.8. The minimum absolute atomic E-state index is 0.0232. The van der Waals surface area contributed by atoms with E-state index in [1.54, 1.807) is 17.0 Å². The summed E-state index contributed by atoms with van der Waals surface area (Å²) in [4.78, 5) is 38.2. The summed E-state index contributed by atoms with van der Waals surface area (Å²) >= 11 is 12.0. The maximum atomic E-state index is 14.2. The Hall–Kier alpha value is -3.69. The van der Waals surface area contributed by atoms with Crippen LogP contribution >= 0.6 is 23.2 Å². The highest BCUT2D eigenvalue weighted by Crippen LogP contribution is 2.36. The molecule has 8 nitrogen and oxygen atoms in total. The number of nitrogens with zero attached hydrogens (tertiary/aromatic N) is 4. The van der Waals surface area contributed by atoms with Crippen LogP contribution in [0.15, 0.2) is 46.9 Å². The molecule has 0 saturated carbocycles. The maximum Gasteiger partial charge on any atom is 0.339 e. The lowest BCUT2D eigenvalue weighted by atomic mass is 9.86. The number of carboxylic acids is 1. The Kier molecular flexibility index (Phi) is 7.24. The zero-order chi connectivity index (χ0) is 29.9. The number of aromatic nitrogens is 2. The minimum Gasteiger partial charge on any atom is -0.478 e. The molecule has 1 fully saturated rings. The number of benzene rings is 1. The predicted molar refractivity (Wildman–Crippen MR) is 157 cm³/mol. The Morgan fingerprint density at radius 3 is 2.41 bits per heavy atom. The maximum absolute atomic E-state index is 14.2. The van der Waals surface area contributed by atoms with Crippen molar-refractivity contribution in [2.24, 2.45) is 0 Å². The summed E-state index contributed by atoms with van der Waals surface area (Å²) in [5.41, 5.74) is 1.86. The van der Waals surface area contributed by atoms with Crippen LogP contribution in [0.1, 0.15) is 61.1 Å².